The first-order valence-electron chi connectivity index (χ1n) is 5.84. The number of carboxylic acid groups (broad SMARTS) is 1. The van der Waals surface area contributed by atoms with Crippen molar-refractivity contribution >= 4 is 5.97 Å². The van der Waals surface area contributed by atoms with Crippen LogP contribution in [-0.2, 0) is 0 Å². The van der Waals surface area contributed by atoms with Crippen LogP contribution in [0.25, 0.3) is 0 Å². The first kappa shape index (κ1) is 14.1. The summed E-state index contributed by atoms with van der Waals surface area (Å²) in [4.78, 5) is 10.7. The third-order valence-electron chi connectivity index (χ3n) is 2.30. The number of nitrogens with one attached hydrogen (secondary N) is 1. The van der Waals surface area contributed by atoms with Crippen molar-refractivity contribution in [3.05, 3.63) is 29.8 Å². The summed E-state index contributed by atoms with van der Waals surface area (Å²) >= 11 is 0. The molecule has 1 aromatic rings. The van der Waals surface area contributed by atoms with E-state index in [2.05, 4.69) is 11.2 Å². The average molecular weight is 247 g/mol. The summed E-state index contributed by atoms with van der Waals surface area (Å²) in [6.07, 6.45) is 6.86. The maximum absolute atomic E-state index is 10.7. The molecule has 0 saturated carbocycles. The zero-order valence-electron chi connectivity index (χ0n) is 10.2. The van der Waals surface area contributed by atoms with Gasteiger partial charge in [-0.15, -0.1) is 12.3 Å². The van der Waals surface area contributed by atoms with Crippen LogP contribution in [0, 0.1) is 12.3 Å². The SMILES string of the molecule is C#CCCCNCCOc1cccc(C(=O)O)c1. The Morgan fingerprint density at radius 3 is 3.00 bits per heavy atom. The van der Waals surface area contributed by atoms with Gasteiger partial charge in [0.2, 0.25) is 0 Å². The fourth-order valence-electron chi connectivity index (χ4n) is 1.40. The van der Waals surface area contributed by atoms with E-state index in [1.54, 1.807) is 12.1 Å². The van der Waals surface area contributed by atoms with Crippen molar-refractivity contribution in [2.24, 2.45) is 0 Å². The number of unbranched alkanes of at least 4 members (excludes halogenated alkanes) is 1. The van der Waals surface area contributed by atoms with Crippen LogP contribution in [0.1, 0.15) is 23.2 Å². The number of rotatable bonds is 8. The van der Waals surface area contributed by atoms with Crippen molar-refractivity contribution in [2.75, 3.05) is 19.7 Å². The highest BCUT2D eigenvalue weighted by Crippen LogP contribution is 2.12. The van der Waals surface area contributed by atoms with Crippen LogP contribution >= 0.6 is 0 Å². The van der Waals surface area contributed by atoms with Gasteiger partial charge in [-0.3, -0.25) is 0 Å². The third kappa shape index (κ3) is 5.37. The zero-order valence-corrected chi connectivity index (χ0v) is 10.2. The van der Waals surface area contributed by atoms with Crippen molar-refractivity contribution < 1.29 is 14.6 Å². The highest BCUT2D eigenvalue weighted by molar-refractivity contribution is 5.87. The highest BCUT2D eigenvalue weighted by Gasteiger charge is 2.03. The molecule has 0 aliphatic carbocycles. The number of aromatic carboxylic acids is 1. The predicted molar refractivity (Wildman–Crippen MR) is 69.8 cm³/mol. The van der Waals surface area contributed by atoms with Crippen LogP contribution in [0.15, 0.2) is 24.3 Å². The van der Waals surface area contributed by atoms with E-state index < -0.39 is 5.97 Å². The van der Waals surface area contributed by atoms with E-state index in [0.29, 0.717) is 18.9 Å². The van der Waals surface area contributed by atoms with E-state index >= 15 is 0 Å². The lowest BCUT2D eigenvalue weighted by atomic mass is 10.2. The molecule has 0 aliphatic heterocycles. The predicted octanol–water partition coefficient (Wildman–Crippen LogP) is 1.77. The molecule has 2 N–H and O–H groups in total. The van der Waals surface area contributed by atoms with Crippen LogP contribution in [0.2, 0.25) is 0 Å². The molecule has 18 heavy (non-hydrogen) atoms. The molecule has 0 aromatic heterocycles. The molecule has 0 radical (unpaired) electrons. The van der Waals surface area contributed by atoms with Crippen LogP contribution in [0.3, 0.4) is 0 Å². The van der Waals surface area contributed by atoms with Crippen LogP contribution in [-0.4, -0.2) is 30.8 Å². The molecule has 0 heterocycles. The Morgan fingerprint density at radius 2 is 2.28 bits per heavy atom. The molecule has 4 heteroatoms. The van der Waals surface area contributed by atoms with Crippen LogP contribution in [0.5, 0.6) is 5.75 Å². The van der Waals surface area contributed by atoms with E-state index in [0.717, 1.165) is 19.4 Å². The van der Waals surface area contributed by atoms with Crippen molar-refractivity contribution in [1.29, 1.82) is 0 Å². The summed E-state index contributed by atoms with van der Waals surface area (Å²) in [7, 11) is 0. The van der Waals surface area contributed by atoms with Gasteiger partial charge in [0, 0.05) is 13.0 Å². The molecular weight excluding hydrogens is 230 g/mol. The smallest absolute Gasteiger partial charge is 0.335 e. The Morgan fingerprint density at radius 1 is 1.44 bits per heavy atom. The lowest BCUT2D eigenvalue weighted by Gasteiger charge is -2.07. The van der Waals surface area contributed by atoms with E-state index in [9.17, 15) is 4.79 Å². The summed E-state index contributed by atoms with van der Waals surface area (Å²) in [5.74, 6) is 2.19. The monoisotopic (exact) mass is 247 g/mol. The second-order valence-electron chi connectivity index (χ2n) is 3.74. The van der Waals surface area contributed by atoms with E-state index in [4.69, 9.17) is 16.3 Å². The lowest BCUT2D eigenvalue weighted by molar-refractivity contribution is 0.0696. The Bertz CT molecular complexity index is 423. The van der Waals surface area contributed by atoms with Gasteiger partial charge in [0.15, 0.2) is 0 Å². The maximum Gasteiger partial charge on any atom is 0.335 e. The molecule has 0 bridgehead atoms. The summed E-state index contributed by atoms with van der Waals surface area (Å²) in [5, 5.41) is 12.0. The van der Waals surface area contributed by atoms with Gasteiger partial charge in [-0.05, 0) is 31.2 Å². The first-order valence-corrected chi connectivity index (χ1v) is 5.84. The second kappa shape index (κ2) is 8.15. The second-order valence-corrected chi connectivity index (χ2v) is 3.74. The number of hydrogen-bond donors (Lipinski definition) is 2. The van der Waals surface area contributed by atoms with Gasteiger partial charge in [-0.1, -0.05) is 6.07 Å². The molecule has 0 spiro atoms. The quantitative estimate of drug-likeness (QED) is 0.543. The minimum Gasteiger partial charge on any atom is -0.492 e. The third-order valence-corrected chi connectivity index (χ3v) is 2.30. The highest BCUT2D eigenvalue weighted by atomic mass is 16.5. The van der Waals surface area contributed by atoms with Gasteiger partial charge >= 0.3 is 5.97 Å². The number of hydrogen-bond acceptors (Lipinski definition) is 3. The Labute approximate surface area is 107 Å². The Balaban J connectivity index is 2.21. The number of terminal acetylenes is 1. The Hall–Kier alpha value is -1.99. The van der Waals surface area contributed by atoms with Crippen molar-refractivity contribution in [1.82, 2.24) is 5.32 Å². The van der Waals surface area contributed by atoms with E-state index in [-0.39, 0.29) is 5.56 Å². The molecular formula is C14H17NO3. The summed E-state index contributed by atoms with van der Waals surface area (Å²) in [6, 6.07) is 6.46. The Kier molecular flexibility index (Phi) is 6.37. The van der Waals surface area contributed by atoms with Crippen molar-refractivity contribution in [3.8, 4) is 18.1 Å². The molecule has 0 saturated heterocycles. The zero-order chi connectivity index (χ0) is 13.2. The van der Waals surface area contributed by atoms with Crippen molar-refractivity contribution in [3.63, 3.8) is 0 Å². The summed E-state index contributed by atoms with van der Waals surface area (Å²) in [5.41, 5.74) is 0.231. The maximum atomic E-state index is 10.7. The number of carboxylic acids is 1. The molecule has 0 aliphatic rings. The molecule has 1 aromatic carbocycles. The minimum atomic E-state index is -0.951. The fraction of sp³-hybridized carbons (Fsp3) is 0.357. The van der Waals surface area contributed by atoms with E-state index in [1.165, 1.54) is 12.1 Å². The molecule has 0 atom stereocenters. The van der Waals surface area contributed by atoms with Gasteiger partial charge in [-0.2, -0.15) is 0 Å². The van der Waals surface area contributed by atoms with Gasteiger partial charge in [-0.25, -0.2) is 4.79 Å². The van der Waals surface area contributed by atoms with Crippen LogP contribution < -0.4 is 10.1 Å². The van der Waals surface area contributed by atoms with Gasteiger partial charge in [0.25, 0.3) is 0 Å². The molecule has 1 rings (SSSR count). The molecule has 0 unspecified atom stereocenters. The lowest BCUT2D eigenvalue weighted by Crippen LogP contribution is -2.22. The molecule has 4 nitrogen and oxygen atoms in total. The topological polar surface area (TPSA) is 58.6 Å². The minimum absolute atomic E-state index is 0.231. The molecule has 0 amide bonds. The number of carbonyl (C=O) groups is 1. The number of benzene rings is 1. The number of ether oxygens (including phenoxy) is 1. The molecule has 0 fully saturated rings. The standard InChI is InChI=1S/C14H17NO3/c1-2-3-4-8-15-9-10-18-13-7-5-6-12(11-13)14(16)17/h1,5-7,11,15H,3-4,8-10H2,(H,16,17). The normalized spacial score (nSPS) is 9.72. The summed E-state index contributed by atoms with van der Waals surface area (Å²) in [6.45, 7) is 2.07. The first-order chi connectivity index (χ1) is 8.74. The van der Waals surface area contributed by atoms with Gasteiger partial charge in [0.05, 0.1) is 5.56 Å². The summed E-state index contributed by atoms with van der Waals surface area (Å²) < 4.78 is 5.44. The average Bonchev–Trinajstić information content (AvgIpc) is 2.38. The van der Waals surface area contributed by atoms with Crippen molar-refractivity contribution in [2.45, 2.75) is 12.8 Å². The fourth-order valence-corrected chi connectivity index (χ4v) is 1.40. The van der Waals surface area contributed by atoms with Crippen LogP contribution in [0.4, 0.5) is 0 Å². The van der Waals surface area contributed by atoms with E-state index in [1.807, 2.05) is 0 Å². The van der Waals surface area contributed by atoms with Gasteiger partial charge < -0.3 is 15.2 Å². The molecule has 96 valence electrons. The largest absolute Gasteiger partial charge is 0.492 e. The van der Waals surface area contributed by atoms with Gasteiger partial charge in [0.1, 0.15) is 12.4 Å².